The van der Waals surface area contributed by atoms with Crippen LogP contribution in [0.15, 0.2) is 94.9 Å². The highest BCUT2D eigenvalue weighted by Crippen LogP contribution is 2.33. The molecular weight excluding hydrogens is 452 g/mol. The second-order valence-corrected chi connectivity index (χ2v) is 9.34. The number of hydrogen-bond donors (Lipinski definition) is 2. The van der Waals surface area contributed by atoms with Crippen molar-refractivity contribution in [3.63, 3.8) is 0 Å². The number of rotatable bonds is 6. The van der Waals surface area contributed by atoms with Crippen LogP contribution in [0.2, 0.25) is 0 Å². The van der Waals surface area contributed by atoms with Gasteiger partial charge in [0.15, 0.2) is 0 Å². The number of fused-ring (bicyclic) bond motifs is 1. The molecule has 172 valence electrons. The molecule has 0 spiro atoms. The van der Waals surface area contributed by atoms with E-state index in [0.717, 1.165) is 48.9 Å². The van der Waals surface area contributed by atoms with Crippen molar-refractivity contribution >= 4 is 46.4 Å². The second-order valence-electron chi connectivity index (χ2n) is 8.22. The van der Waals surface area contributed by atoms with Crippen LogP contribution in [-0.2, 0) is 0 Å². The fraction of sp³-hybridized carbons (Fsp3) is 0.0690. The quantitative estimate of drug-likeness (QED) is 0.273. The van der Waals surface area contributed by atoms with Crippen LogP contribution in [0.3, 0.4) is 0 Å². The number of amides is 1. The SMILES string of the molecule is Cc1cccc(C)c1NC(=O)c1ccccc1Sc1ccc2c(/C=C/c3ccccn3)n[nH]c2c1. The third kappa shape index (κ3) is 5.03. The van der Waals surface area contributed by atoms with Gasteiger partial charge < -0.3 is 5.32 Å². The Hall–Kier alpha value is -4.16. The van der Waals surface area contributed by atoms with Crippen LogP contribution < -0.4 is 5.32 Å². The summed E-state index contributed by atoms with van der Waals surface area (Å²) in [7, 11) is 0. The van der Waals surface area contributed by atoms with Crippen molar-refractivity contribution in [2.75, 3.05) is 5.32 Å². The van der Waals surface area contributed by atoms with Gasteiger partial charge in [-0.1, -0.05) is 48.2 Å². The Bertz CT molecular complexity index is 1520. The van der Waals surface area contributed by atoms with E-state index >= 15 is 0 Å². The van der Waals surface area contributed by atoms with Crippen LogP contribution in [0.25, 0.3) is 23.1 Å². The average molecular weight is 477 g/mol. The van der Waals surface area contributed by atoms with Gasteiger partial charge in [-0.05, 0) is 79.6 Å². The number of para-hydroxylation sites is 1. The van der Waals surface area contributed by atoms with E-state index in [0.29, 0.717) is 5.56 Å². The van der Waals surface area contributed by atoms with Gasteiger partial charge in [-0.25, -0.2) is 0 Å². The molecule has 0 atom stereocenters. The summed E-state index contributed by atoms with van der Waals surface area (Å²) in [5.41, 5.74) is 6.27. The number of benzene rings is 3. The molecule has 0 bridgehead atoms. The Balaban J connectivity index is 1.38. The Kier molecular flexibility index (Phi) is 6.46. The number of anilines is 1. The van der Waals surface area contributed by atoms with E-state index in [9.17, 15) is 4.79 Å². The minimum Gasteiger partial charge on any atom is -0.321 e. The molecule has 0 saturated carbocycles. The number of aromatic amines is 1. The van der Waals surface area contributed by atoms with E-state index in [2.05, 4.69) is 38.7 Å². The average Bonchev–Trinajstić information content (AvgIpc) is 3.28. The van der Waals surface area contributed by atoms with Crippen LogP contribution in [0.5, 0.6) is 0 Å². The smallest absolute Gasteiger partial charge is 0.256 e. The molecule has 2 heterocycles. The van der Waals surface area contributed by atoms with E-state index < -0.39 is 0 Å². The summed E-state index contributed by atoms with van der Waals surface area (Å²) in [5.74, 6) is -0.116. The van der Waals surface area contributed by atoms with Gasteiger partial charge in [0, 0.05) is 27.1 Å². The number of H-pyrrole nitrogens is 1. The number of pyridine rings is 1. The lowest BCUT2D eigenvalue weighted by Crippen LogP contribution is -2.14. The molecule has 1 amide bonds. The first-order chi connectivity index (χ1) is 17.1. The molecule has 2 N–H and O–H groups in total. The van der Waals surface area contributed by atoms with E-state index in [1.807, 2.05) is 86.7 Å². The molecule has 5 aromatic rings. The van der Waals surface area contributed by atoms with Crippen LogP contribution >= 0.6 is 11.8 Å². The standard InChI is InChI=1S/C29H24N4OS/c1-19-8-7-9-20(2)28(19)31-29(34)24-11-3-4-12-27(24)35-22-14-15-23-25(32-33-26(23)18-22)16-13-21-10-5-6-17-30-21/h3-18H,1-2H3,(H,31,34)(H,32,33)/b16-13+. The lowest BCUT2D eigenvalue weighted by molar-refractivity contribution is 0.102. The van der Waals surface area contributed by atoms with Crippen molar-refractivity contribution in [3.05, 3.63) is 113 Å². The summed E-state index contributed by atoms with van der Waals surface area (Å²) in [5, 5.41) is 11.7. The predicted octanol–water partition coefficient (Wildman–Crippen LogP) is 7.15. The number of carbonyl (C=O) groups is 1. The summed E-state index contributed by atoms with van der Waals surface area (Å²) in [4.78, 5) is 19.4. The van der Waals surface area contributed by atoms with E-state index in [1.165, 1.54) is 0 Å². The first-order valence-electron chi connectivity index (χ1n) is 11.3. The highest BCUT2D eigenvalue weighted by molar-refractivity contribution is 7.99. The summed E-state index contributed by atoms with van der Waals surface area (Å²) >= 11 is 1.56. The summed E-state index contributed by atoms with van der Waals surface area (Å²) in [6.07, 6.45) is 5.68. The molecule has 0 saturated heterocycles. The Morgan fingerprint density at radius 3 is 2.51 bits per heavy atom. The molecular formula is C29H24N4OS. The van der Waals surface area contributed by atoms with Gasteiger partial charge in [0.1, 0.15) is 0 Å². The molecule has 5 nitrogen and oxygen atoms in total. The molecule has 0 radical (unpaired) electrons. The van der Waals surface area contributed by atoms with Crippen molar-refractivity contribution in [1.82, 2.24) is 15.2 Å². The number of hydrogen-bond acceptors (Lipinski definition) is 4. The maximum Gasteiger partial charge on any atom is 0.256 e. The van der Waals surface area contributed by atoms with Gasteiger partial charge in [-0.15, -0.1) is 0 Å². The molecule has 6 heteroatoms. The highest BCUT2D eigenvalue weighted by Gasteiger charge is 2.15. The maximum absolute atomic E-state index is 13.2. The first-order valence-corrected chi connectivity index (χ1v) is 12.1. The lowest BCUT2D eigenvalue weighted by atomic mass is 10.1. The minimum absolute atomic E-state index is 0.116. The van der Waals surface area contributed by atoms with Crippen molar-refractivity contribution in [2.24, 2.45) is 0 Å². The summed E-state index contributed by atoms with van der Waals surface area (Å²) in [6.45, 7) is 4.01. The molecule has 35 heavy (non-hydrogen) atoms. The molecule has 0 unspecified atom stereocenters. The lowest BCUT2D eigenvalue weighted by Gasteiger charge is -2.13. The van der Waals surface area contributed by atoms with Crippen molar-refractivity contribution in [2.45, 2.75) is 23.6 Å². The molecule has 0 fully saturated rings. The largest absolute Gasteiger partial charge is 0.321 e. The van der Waals surface area contributed by atoms with E-state index in [1.54, 1.807) is 18.0 Å². The van der Waals surface area contributed by atoms with Crippen molar-refractivity contribution in [1.29, 1.82) is 0 Å². The van der Waals surface area contributed by atoms with Gasteiger partial charge in [0.2, 0.25) is 0 Å². The maximum atomic E-state index is 13.2. The molecule has 0 aliphatic rings. The zero-order valence-corrected chi connectivity index (χ0v) is 20.3. The fourth-order valence-corrected chi connectivity index (χ4v) is 4.90. The molecule has 2 aromatic heterocycles. The normalized spacial score (nSPS) is 11.3. The van der Waals surface area contributed by atoms with Gasteiger partial charge in [-0.3, -0.25) is 14.9 Å². The van der Waals surface area contributed by atoms with Crippen LogP contribution in [0.1, 0.15) is 32.9 Å². The van der Waals surface area contributed by atoms with Crippen LogP contribution in [0, 0.1) is 13.8 Å². The topological polar surface area (TPSA) is 70.7 Å². The Morgan fingerprint density at radius 1 is 0.914 bits per heavy atom. The summed E-state index contributed by atoms with van der Waals surface area (Å²) < 4.78 is 0. The molecule has 3 aromatic carbocycles. The first kappa shape index (κ1) is 22.6. The van der Waals surface area contributed by atoms with Gasteiger partial charge in [0.25, 0.3) is 5.91 Å². The second kappa shape index (κ2) is 9.99. The van der Waals surface area contributed by atoms with Crippen LogP contribution in [0.4, 0.5) is 5.69 Å². The third-order valence-corrected chi connectivity index (χ3v) is 6.81. The fourth-order valence-electron chi connectivity index (χ4n) is 3.91. The predicted molar refractivity (Wildman–Crippen MR) is 144 cm³/mol. The Morgan fingerprint density at radius 2 is 1.71 bits per heavy atom. The molecule has 0 aliphatic heterocycles. The number of nitrogens with zero attached hydrogens (tertiary/aromatic N) is 2. The minimum atomic E-state index is -0.116. The highest BCUT2D eigenvalue weighted by atomic mass is 32.2. The van der Waals surface area contributed by atoms with E-state index in [-0.39, 0.29) is 5.91 Å². The Labute approximate surface area is 208 Å². The van der Waals surface area contributed by atoms with Gasteiger partial charge >= 0.3 is 0 Å². The van der Waals surface area contributed by atoms with Crippen LogP contribution in [-0.4, -0.2) is 21.1 Å². The molecule has 5 rings (SSSR count). The van der Waals surface area contributed by atoms with E-state index in [4.69, 9.17) is 0 Å². The number of nitrogens with one attached hydrogen (secondary N) is 2. The zero-order chi connectivity index (χ0) is 24.2. The van der Waals surface area contributed by atoms with Crippen molar-refractivity contribution in [3.8, 4) is 0 Å². The zero-order valence-electron chi connectivity index (χ0n) is 19.4. The van der Waals surface area contributed by atoms with Gasteiger partial charge in [0.05, 0.1) is 22.5 Å². The van der Waals surface area contributed by atoms with Crippen molar-refractivity contribution < 1.29 is 4.79 Å². The monoisotopic (exact) mass is 476 g/mol. The molecule has 0 aliphatic carbocycles. The summed E-state index contributed by atoms with van der Waals surface area (Å²) in [6, 6.07) is 25.7. The number of carbonyl (C=O) groups excluding carboxylic acids is 1. The number of aryl methyl sites for hydroxylation is 2. The van der Waals surface area contributed by atoms with Gasteiger partial charge in [-0.2, -0.15) is 5.10 Å². The number of aromatic nitrogens is 3. The third-order valence-electron chi connectivity index (χ3n) is 5.74.